The molecule has 1 aliphatic heterocycles. The van der Waals surface area contributed by atoms with E-state index in [1.54, 1.807) is 0 Å². The first-order valence-electron chi connectivity index (χ1n) is 7.86. The van der Waals surface area contributed by atoms with Crippen LogP contribution in [0.5, 0.6) is 5.75 Å². The molecule has 0 aromatic heterocycles. The monoisotopic (exact) mass is 303 g/mol. The molecule has 0 bridgehead atoms. The summed E-state index contributed by atoms with van der Waals surface area (Å²) in [5, 5.41) is 9.11. The number of hydrogen-bond donors (Lipinski definition) is 1. The smallest absolute Gasteiger partial charge is 0.307 e. The fourth-order valence-electron chi connectivity index (χ4n) is 2.71. The molecule has 4 nitrogen and oxygen atoms in total. The number of likely N-dealkylation sites (tertiary alicyclic amines) is 1. The molecule has 1 heterocycles. The van der Waals surface area contributed by atoms with Crippen molar-refractivity contribution in [3.8, 4) is 5.75 Å². The van der Waals surface area contributed by atoms with Gasteiger partial charge in [0, 0.05) is 13.1 Å². The van der Waals surface area contributed by atoms with Gasteiger partial charge < -0.3 is 14.7 Å². The molecule has 0 radical (unpaired) electrons. The van der Waals surface area contributed by atoms with Crippen molar-refractivity contribution in [2.45, 2.75) is 26.2 Å². The van der Waals surface area contributed by atoms with Crippen LogP contribution >= 0.6 is 0 Å². The first kappa shape index (κ1) is 16.6. The maximum absolute atomic E-state index is 11.1. The van der Waals surface area contributed by atoms with Crippen LogP contribution in [0.4, 0.5) is 0 Å². The third-order valence-electron chi connectivity index (χ3n) is 3.98. The third-order valence-corrected chi connectivity index (χ3v) is 3.98. The number of piperidine rings is 1. The summed E-state index contributed by atoms with van der Waals surface area (Å²) in [4.78, 5) is 13.3. The van der Waals surface area contributed by atoms with Gasteiger partial charge in [-0.3, -0.25) is 4.79 Å². The summed E-state index contributed by atoms with van der Waals surface area (Å²) in [6.07, 6.45) is 2.72. The molecule has 1 N–H and O–H groups in total. The molecule has 0 spiro atoms. The molecule has 120 valence electrons. The number of carboxylic acid groups (broad SMARTS) is 1. The molecule has 2 rings (SSSR count). The van der Waals surface area contributed by atoms with Gasteiger partial charge in [0.05, 0.1) is 5.92 Å². The number of rotatable bonds is 7. The highest BCUT2D eigenvalue weighted by Gasteiger charge is 2.24. The van der Waals surface area contributed by atoms with Gasteiger partial charge in [-0.2, -0.15) is 0 Å². The number of carboxylic acids is 1. The summed E-state index contributed by atoms with van der Waals surface area (Å²) in [5.74, 6) is -0.00829. The lowest BCUT2D eigenvalue weighted by molar-refractivity contribution is -0.143. The van der Waals surface area contributed by atoms with Gasteiger partial charge in [-0.15, -0.1) is 0 Å². The highest BCUT2D eigenvalue weighted by atomic mass is 16.5. The van der Waals surface area contributed by atoms with E-state index < -0.39 is 5.97 Å². The van der Waals surface area contributed by atoms with E-state index in [4.69, 9.17) is 9.84 Å². The zero-order valence-electron chi connectivity index (χ0n) is 13.3. The summed E-state index contributed by atoms with van der Waals surface area (Å²) in [5.41, 5.74) is 2.25. The zero-order valence-corrected chi connectivity index (χ0v) is 13.3. The number of nitrogens with zero attached hydrogens (tertiary/aromatic N) is 1. The minimum atomic E-state index is -0.663. The Balaban J connectivity index is 1.79. The van der Waals surface area contributed by atoms with Crippen LogP contribution < -0.4 is 4.74 Å². The lowest BCUT2D eigenvalue weighted by atomic mass is 9.98. The van der Waals surface area contributed by atoms with Crippen molar-refractivity contribution < 1.29 is 14.6 Å². The molecule has 0 aliphatic carbocycles. The molecule has 1 aliphatic rings. The number of benzene rings is 1. The van der Waals surface area contributed by atoms with Crippen molar-refractivity contribution in [1.29, 1.82) is 0 Å². The van der Waals surface area contributed by atoms with Crippen molar-refractivity contribution in [3.05, 3.63) is 42.0 Å². The zero-order chi connectivity index (χ0) is 15.9. The molecule has 0 amide bonds. The molecule has 1 unspecified atom stereocenters. The lowest BCUT2D eigenvalue weighted by Crippen LogP contribution is -2.39. The number of carbonyl (C=O) groups is 1. The van der Waals surface area contributed by atoms with Crippen LogP contribution in [0.2, 0.25) is 0 Å². The number of aliphatic carboxylic acids is 1. The second-order valence-corrected chi connectivity index (χ2v) is 6.12. The van der Waals surface area contributed by atoms with Crippen LogP contribution in [0.15, 0.2) is 36.4 Å². The molecule has 0 saturated carbocycles. The molecule has 1 fully saturated rings. The standard InChI is InChI=1S/C18H25NO3/c1-14(2)13-22-17-7-5-15(6-8-17)9-11-19-10-3-4-16(12-19)18(20)21/h5-8,16H,1,3-4,9-13H2,2H3,(H,20,21). The van der Waals surface area contributed by atoms with Gasteiger partial charge in [0.15, 0.2) is 0 Å². The minimum absolute atomic E-state index is 0.202. The third kappa shape index (κ3) is 5.19. The first-order chi connectivity index (χ1) is 10.5. The molecule has 1 saturated heterocycles. The average Bonchev–Trinajstić information content (AvgIpc) is 2.52. The summed E-state index contributed by atoms with van der Waals surface area (Å²) in [7, 11) is 0. The predicted molar refractivity (Wildman–Crippen MR) is 87.3 cm³/mol. The molecular formula is C18H25NO3. The normalized spacial score (nSPS) is 18.9. The van der Waals surface area contributed by atoms with Crippen LogP contribution in [0, 0.1) is 5.92 Å². The van der Waals surface area contributed by atoms with Crippen molar-refractivity contribution in [2.75, 3.05) is 26.2 Å². The van der Waals surface area contributed by atoms with Gasteiger partial charge in [-0.1, -0.05) is 18.7 Å². The van der Waals surface area contributed by atoms with E-state index >= 15 is 0 Å². The van der Waals surface area contributed by atoms with E-state index in [2.05, 4.69) is 23.6 Å². The van der Waals surface area contributed by atoms with Crippen LogP contribution in [-0.2, 0) is 11.2 Å². The Morgan fingerprint density at radius 2 is 2.14 bits per heavy atom. The van der Waals surface area contributed by atoms with E-state index in [1.807, 2.05) is 19.1 Å². The van der Waals surface area contributed by atoms with E-state index in [1.165, 1.54) is 5.56 Å². The highest BCUT2D eigenvalue weighted by molar-refractivity contribution is 5.70. The number of hydrogen-bond acceptors (Lipinski definition) is 3. The van der Waals surface area contributed by atoms with Crippen molar-refractivity contribution >= 4 is 5.97 Å². The quantitative estimate of drug-likeness (QED) is 0.787. The van der Waals surface area contributed by atoms with Gasteiger partial charge in [-0.05, 0) is 56.0 Å². The fourth-order valence-corrected chi connectivity index (χ4v) is 2.71. The molecule has 1 atom stereocenters. The van der Waals surface area contributed by atoms with E-state index in [-0.39, 0.29) is 5.92 Å². The second-order valence-electron chi connectivity index (χ2n) is 6.12. The molecule has 1 aromatic rings. The summed E-state index contributed by atoms with van der Waals surface area (Å²) >= 11 is 0. The van der Waals surface area contributed by atoms with Crippen LogP contribution in [0.3, 0.4) is 0 Å². The van der Waals surface area contributed by atoms with Crippen molar-refractivity contribution in [3.63, 3.8) is 0 Å². The summed E-state index contributed by atoms with van der Waals surface area (Å²) in [6.45, 7) is 8.89. The Morgan fingerprint density at radius 1 is 1.41 bits per heavy atom. The van der Waals surface area contributed by atoms with Crippen LogP contribution in [0.25, 0.3) is 0 Å². The first-order valence-corrected chi connectivity index (χ1v) is 7.86. The topological polar surface area (TPSA) is 49.8 Å². The Hall–Kier alpha value is -1.81. The lowest BCUT2D eigenvalue weighted by Gasteiger charge is -2.30. The molecular weight excluding hydrogens is 278 g/mol. The molecule has 1 aromatic carbocycles. The van der Waals surface area contributed by atoms with E-state index in [0.717, 1.165) is 43.7 Å². The average molecular weight is 303 g/mol. The summed E-state index contributed by atoms with van der Waals surface area (Å²) in [6, 6.07) is 8.11. The van der Waals surface area contributed by atoms with Crippen LogP contribution in [0.1, 0.15) is 25.3 Å². The van der Waals surface area contributed by atoms with E-state index in [9.17, 15) is 4.79 Å². The second kappa shape index (κ2) is 7.99. The van der Waals surface area contributed by atoms with E-state index in [0.29, 0.717) is 13.2 Å². The van der Waals surface area contributed by atoms with Crippen molar-refractivity contribution in [2.24, 2.45) is 5.92 Å². The Morgan fingerprint density at radius 3 is 2.77 bits per heavy atom. The summed E-state index contributed by atoms with van der Waals surface area (Å²) < 4.78 is 5.58. The Labute approximate surface area is 132 Å². The van der Waals surface area contributed by atoms with Gasteiger partial charge in [0.2, 0.25) is 0 Å². The van der Waals surface area contributed by atoms with Gasteiger partial charge in [0.25, 0.3) is 0 Å². The van der Waals surface area contributed by atoms with Gasteiger partial charge in [0.1, 0.15) is 12.4 Å². The maximum Gasteiger partial charge on any atom is 0.307 e. The van der Waals surface area contributed by atoms with Crippen molar-refractivity contribution in [1.82, 2.24) is 4.90 Å². The van der Waals surface area contributed by atoms with Gasteiger partial charge in [-0.25, -0.2) is 0 Å². The predicted octanol–water partition coefficient (Wildman–Crippen LogP) is 2.98. The Bertz CT molecular complexity index is 510. The minimum Gasteiger partial charge on any atom is -0.489 e. The van der Waals surface area contributed by atoms with Gasteiger partial charge >= 0.3 is 5.97 Å². The molecule has 4 heteroatoms. The Kier molecular flexibility index (Phi) is 6.01. The highest BCUT2D eigenvalue weighted by Crippen LogP contribution is 2.18. The largest absolute Gasteiger partial charge is 0.489 e. The molecule has 22 heavy (non-hydrogen) atoms. The number of ether oxygens (including phenoxy) is 1. The maximum atomic E-state index is 11.1. The fraction of sp³-hybridized carbons (Fsp3) is 0.500. The van der Waals surface area contributed by atoms with Crippen LogP contribution in [-0.4, -0.2) is 42.2 Å². The SMILES string of the molecule is C=C(C)COc1ccc(CCN2CCCC(C(=O)O)C2)cc1.